The van der Waals surface area contributed by atoms with Crippen LogP contribution in [0.2, 0.25) is 0 Å². The smallest absolute Gasteiger partial charge is 0.230 e. The minimum absolute atomic E-state index is 0.0262. The van der Waals surface area contributed by atoms with Crippen molar-refractivity contribution < 1.29 is 14.3 Å². The van der Waals surface area contributed by atoms with Crippen LogP contribution in [0.25, 0.3) is 0 Å². The van der Waals surface area contributed by atoms with Crippen molar-refractivity contribution in [2.45, 2.75) is 32.6 Å². The van der Waals surface area contributed by atoms with Crippen molar-refractivity contribution in [3.05, 3.63) is 0 Å². The largest absolute Gasteiger partial charge is 0.381 e. The summed E-state index contributed by atoms with van der Waals surface area (Å²) in [4.78, 5) is 24.1. The van der Waals surface area contributed by atoms with E-state index in [1.807, 2.05) is 0 Å². The third-order valence-electron chi connectivity index (χ3n) is 2.43. The second-order valence-corrected chi connectivity index (χ2v) is 3.81. The fourth-order valence-electron chi connectivity index (χ4n) is 1.59. The summed E-state index contributed by atoms with van der Waals surface area (Å²) in [6.45, 7) is 4.86. The molecule has 15 heavy (non-hydrogen) atoms. The first-order chi connectivity index (χ1) is 7.24. The number of carbonyl (C=O) groups is 2. The van der Waals surface area contributed by atoms with Gasteiger partial charge in [-0.15, -0.1) is 0 Å². The number of amides is 1. The molecule has 1 saturated heterocycles. The maximum Gasteiger partial charge on any atom is 0.230 e. The minimum atomic E-state index is -0.0262. The number of ether oxygens (including phenoxy) is 1. The minimum Gasteiger partial charge on any atom is -0.381 e. The monoisotopic (exact) mass is 213 g/mol. The molecule has 0 spiro atoms. The van der Waals surface area contributed by atoms with Crippen molar-refractivity contribution in [2.75, 3.05) is 26.3 Å². The molecule has 0 bridgehead atoms. The Morgan fingerprint density at radius 3 is 2.80 bits per heavy atom. The van der Waals surface area contributed by atoms with E-state index in [9.17, 15) is 9.59 Å². The van der Waals surface area contributed by atoms with Crippen LogP contribution in [0.15, 0.2) is 0 Å². The van der Waals surface area contributed by atoms with Gasteiger partial charge in [0.2, 0.25) is 5.91 Å². The normalized spacial score (nSPS) is 17.3. The third-order valence-corrected chi connectivity index (χ3v) is 2.43. The highest BCUT2D eigenvalue weighted by atomic mass is 16.5. The molecule has 86 valence electrons. The Morgan fingerprint density at radius 2 is 2.13 bits per heavy atom. The van der Waals surface area contributed by atoms with Crippen molar-refractivity contribution in [3.63, 3.8) is 0 Å². The molecular formula is C11H19NO3. The third kappa shape index (κ3) is 4.42. The Labute approximate surface area is 90.6 Å². The van der Waals surface area contributed by atoms with Gasteiger partial charge in [0.1, 0.15) is 5.78 Å². The summed E-state index contributed by atoms with van der Waals surface area (Å²) in [5.41, 5.74) is 0. The standard InChI is InChI=1S/C11H19NO3/c1-2-7-15-8-3-5-12-6-4-10(13)9-11(12)14/h2-9H2,1H3. The van der Waals surface area contributed by atoms with E-state index in [0.29, 0.717) is 19.6 Å². The summed E-state index contributed by atoms with van der Waals surface area (Å²) in [6.07, 6.45) is 2.49. The second kappa shape index (κ2) is 6.56. The summed E-state index contributed by atoms with van der Waals surface area (Å²) in [7, 11) is 0. The average molecular weight is 213 g/mol. The van der Waals surface area contributed by atoms with E-state index in [1.54, 1.807) is 4.90 Å². The Hall–Kier alpha value is -0.900. The van der Waals surface area contributed by atoms with E-state index in [0.717, 1.165) is 26.0 Å². The van der Waals surface area contributed by atoms with Gasteiger partial charge in [0.25, 0.3) is 0 Å². The maximum absolute atomic E-state index is 11.4. The number of carbonyl (C=O) groups excluding carboxylic acids is 2. The number of rotatable bonds is 6. The fraction of sp³-hybridized carbons (Fsp3) is 0.818. The van der Waals surface area contributed by atoms with E-state index in [1.165, 1.54) is 0 Å². The Morgan fingerprint density at radius 1 is 1.33 bits per heavy atom. The summed E-state index contributed by atoms with van der Waals surface area (Å²) in [5.74, 6) is 0.0419. The van der Waals surface area contributed by atoms with Crippen molar-refractivity contribution in [1.29, 1.82) is 0 Å². The number of hydrogen-bond acceptors (Lipinski definition) is 3. The zero-order valence-electron chi connectivity index (χ0n) is 9.33. The van der Waals surface area contributed by atoms with Crippen LogP contribution < -0.4 is 0 Å². The molecule has 0 saturated carbocycles. The number of hydrogen-bond donors (Lipinski definition) is 0. The summed E-state index contributed by atoms with van der Waals surface area (Å²) < 4.78 is 5.33. The topological polar surface area (TPSA) is 46.6 Å². The Balaban J connectivity index is 2.10. The molecule has 0 unspecified atom stereocenters. The van der Waals surface area contributed by atoms with E-state index < -0.39 is 0 Å². The van der Waals surface area contributed by atoms with Gasteiger partial charge in [-0.05, 0) is 12.8 Å². The molecule has 1 heterocycles. The van der Waals surface area contributed by atoms with Crippen LogP contribution in [0.5, 0.6) is 0 Å². The summed E-state index contributed by atoms with van der Waals surface area (Å²) in [5, 5.41) is 0. The maximum atomic E-state index is 11.4. The first kappa shape index (κ1) is 12.2. The van der Waals surface area contributed by atoms with E-state index in [-0.39, 0.29) is 18.1 Å². The predicted molar refractivity (Wildman–Crippen MR) is 56.5 cm³/mol. The lowest BCUT2D eigenvalue weighted by Gasteiger charge is -2.25. The van der Waals surface area contributed by atoms with Gasteiger partial charge >= 0.3 is 0 Å². The van der Waals surface area contributed by atoms with Crippen molar-refractivity contribution in [1.82, 2.24) is 4.90 Å². The van der Waals surface area contributed by atoms with Gasteiger partial charge in [-0.25, -0.2) is 0 Å². The second-order valence-electron chi connectivity index (χ2n) is 3.81. The molecule has 1 aliphatic heterocycles. The molecule has 0 radical (unpaired) electrons. The number of likely N-dealkylation sites (tertiary alicyclic amines) is 1. The molecule has 0 aromatic carbocycles. The molecule has 4 heteroatoms. The van der Waals surface area contributed by atoms with Gasteiger partial charge in [-0.1, -0.05) is 6.92 Å². The van der Waals surface area contributed by atoms with Crippen LogP contribution in [-0.2, 0) is 14.3 Å². The first-order valence-corrected chi connectivity index (χ1v) is 5.61. The average Bonchev–Trinajstić information content (AvgIpc) is 2.20. The van der Waals surface area contributed by atoms with Crippen LogP contribution >= 0.6 is 0 Å². The van der Waals surface area contributed by atoms with Gasteiger partial charge < -0.3 is 9.64 Å². The molecule has 1 aliphatic rings. The highest BCUT2D eigenvalue weighted by Crippen LogP contribution is 2.07. The molecule has 1 fully saturated rings. The molecular weight excluding hydrogens is 194 g/mol. The molecule has 4 nitrogen and oxygen atoms in total. The van der Waals surface area contributed by atoms with E-state index in [2.05, 4.69) is 6.92 Å². The van der Waals surface area contributed by atoms with Gasteiger partial charge in [0, 0.05) is 32.7 Å². The van der Waals surface area contributed by atoms with Crippen LogP contribution in [0, 0.1) is 0 Å². The Kier molecular flexibility index (Phi) is 5.32. The highest BCUT2D eigenvalue weighted by Gasteiger charge is 2.22. The molecule has 1 amide bonds. The van der Waals surface area contributed by atoms with E-state index in [4.69, 9.17) is 4.74 Å². The van der Waals surface area contributed by atoms with Crippen LogP contribution in [0.1, 0.15) is 32.6 Å². The lowest BCUT2D eigenvalue weighted by molar-refractivity contribution is -0.139. The molecule has 0 aromatic heterocycles. The van der Waals surface area contributed by atoms with Gasteiger partial charge in [-0.2, -0.15) is 0 Å². The Bertz CT molecular complexity index is 228. The molecule has 0 atom stereocenters. The lowest BCUT2D eigenvalue weighted by atomic mass is 10.1. The molecule has 0 N–H and O–H groups in total. The van der Waals surface area contributed by atoms with Crippen LogP contribution in [0.4, 0.5) is 0 Å². The number of Topliss-reactive ketones (excluding diaryl/α,β-unsaturated/α-hetero) is 1. The zero-order chi connectivity index (χ0) is 11.1. The molecule has 1 rings (SSSR count). The molecule has 0 aromatic rings. The van der Waals surface area contributed by atoms with Crippen LogP contribution in [-0.4, -0.2) is 42.9 Å². The summed E-state index contributed by atoms with van der Waals surface area (Å²) in [6, 6.07) is 0. The van der Waals surface area contributed by atoms with Gasteiger partial charge in [0.05, 0.1) is 6.42 Å². The van der Waals surface area contributed by atoms with Gasteiger partial charge in [0.15, 0.2) is 0 Å². The SMILES string of the molecule is CCCOCCCN1CCC(=O)CC1=O. The zero-order valence-corrected chi connectivity index (χ0v) is 9.33. The molecule has 0 aliphatic carbocycles. The lowest BCUT2D eigenvalue weighted by Crippen LogP contribution is -2.39. The highest BCUT2D eigenvalue weighted by molar-refractivity contribution is 6.00. The fourth-order valence-corrected chi connectivity index (χ4v) is 1.59. The predicted octanol–water partition coefficient (Wildman–Crippen LogP) is 0.995. The van der Waals surface area contributed by atoms with Gasteiger partial charge in [-0.3, -0.25) is 9.59 Å². The van der Waals surface area contributed by atoms with Crippen molar-refractivity contribution in [2.24, 2.45) is 0 Å². The first-order valence-electron chi connectivity index (χ1n) is 5.61. The number of nitrogens with zero attached hydrogens (tertiary/aromatic N) is 1. The van der Waals surface area contributed by atoms with Crippen LogP contribution in [0.3, 0.4) is 0 Å². The number of piperidine rings is 1. The van der Waals surface area contributed by atoms with Crippen molar-refractivity contribution in [3.8, 4) is 0 Å². The number of ketones is 1. The van der Waals surface area contributed by atoms with Crippen molar-refractivity contribution >= 4 is 11.7 Å². The quantitative estimate of drug-likeness (QED) is 0.488. The summed E-state index contributed by atoms with van der Waals surface area (Å²) >= 11 is 0. The van der Waals surface area contributed by atoms with E-state index >= 15 is 0 Å².